The Labute approximate surface area is 120 Å². The molecule has 20 heavy (non-hydrogen) atoms. The molecule has 0 saturated heterocycles. The lowest BCUT2D eigenvalue weighted by atomic mass is 10.1. The highest BCUT2D eigenvalue weighted by atomic mass is 32.1. The molecular weight excluding hydrogens is 268 g/mol. The summed E-state index contributed by atoms with van der Waals surface area (Å²) in [6.07, 6.45) is 7.39. The number of imidazole rings is 1. The zero-order valence-corrected chi connectivity index (χ0v) is 11.7. The van der Waals surface area contributed by atoms with E-state index >= 15 is 0 Å². The highest BCUT2D eigenvalue weighted by Gasteiger charge is 2.23. The molecule has 0 aliphatic heterocycles. The first-order chi connectivity index (χ1) is 9.88. The maximum Gasteiger partial charge on any atom is 0.194 e. The third-order valence-electron chi connectivity index (χ3n) is 3.77. The highest BCUT2D eigenvalue weighted by molar-refractivity contribution is 7.17. The van der Waals surface area contributed by atoms with Crippen molar-refractivity contribution in [3.05, 3.63) is 40.8 Å². The topological polar surface area (TPSA) is 54.0 Å². The number of rotatable bonds is 2. The second kappa shape index (κ2) is 4.43. The molecule has 98 valence electrons. The number of thiazole rings is 1. The zero-order chi connectivity index (χ0) is 13.5. The number of hydrogen-bond donors (Lipinski definition) is 0. The lowest BCUT2D eigenvalue weighted by Crippen LogP contribution is -1.96. The second-order valence-corrected chi connectivity index (χ2v) is 5.98. The molecule has 0 amide bonds. The van der Waals surface area contributed by atoms with E-state index in [1.54, 1.807) is 23.7 Å². The number of pyridine rings is 1. The number of nitrogens with zero attached hydrogens (tertiary/aromatic N) is 4. The van der Waals surface area contributed by atoms with E-state index in [1.165, 1.54) is 17.0 Å². The summed E-state index contributed by atoms with van der Waals surface area (Å²) in [6.45, 7) is 0. The van der Waals surface area contributed by atoms with Gasteiger partial charge in [-0.3, -0.25) is 9.38 Å². The molecule has 0 saturated carbocycles. The average molecular weight is 280 g/mol. The predicted molar refractivity (Wildman–Crippen MR) is 77.6 cm³/mol. The van der Waals surface area contributed by atoms with Gasteiger partial charge in [0.1, 0.15) is 0 Å². The first-order valence-corrected chi connectivity index (χ1v) is 7.49. The van der Waals surface area contributed by atoms with Crippen LogP contribution in [0.15, 0.2) is 24.5 Å². The molecule has 0 unspecified atom stereocenters. The summed E-state index contributed by atoms with van der Waals surface area (Å²) in [6, 6.07) is 6.19. The minimum atomic E-state index is 0.391. The lowest BCUT2D eigenvalue weighted by Gasteiger charge is -2.02. The molecule has 5 heteroatoms. The van der Waals surface area contributed by atoms with E-state index in [2.05, 4.69) is 15.5 Å². The third-order valence-corrected chi connectivity index (χ3v) is 4.91. The first kappa shape index (κ1) is 11.6. The zero-order valence-electron chi connectivity index (χ0n) is 10.8. The van der Waals surface area contributed by atoms with Gasteiger partial charge >= 0.3 is 0 Å². The molecule has 0 radical (unpaired) electrons. The van der Waals surface area contributed by atoms with Gasteiger partial charge in [0.2, 0.25) is 0 Å². The summed E-state index contributed by atoms with van der Waals surface area (Å²) < 4.78 is 2.21. The van der Waals surface area contributed by atoms with Crippen LogP contribution in [-0.4, -0.2) is 14.4 Å². The smallest absolute Gasteiger partial charge is 0.194 e. The maximum atomic E-state index is 9.15. The van der Waals surface area contributed by atoms with Crippen LogP contribution in [0.2, 0.25) is 0 Å². The van der Waals surface area contributed by atoms with E-state index in [1.807, 2.05) is 12.1 Å². The molecule has 3 aromatic rings. The Bertz CT molecular complexity index is 823. The molecule has 0 atom stereocenters. The van der Waals surface area contributed by atoms with Gasteiger partial charge in [-0.2, -0.15) is 5.26 Å². The molecule has 0 N–H and O–H groups in total. The van der Waals surface area contributed by atoms with Crippen LogP contribution in [0.4, 0.5) is 0 Å². The van der Waals surface area contributed by atoms with Gasteiger partial charge < -0.3 is 0 Å². The second-order valence-electron chi connectivity index (χ2n) is 4.92. The number of aryl methyl sites for hydroxylation is 2. The normalized spacial score (nSPS) is 13.6. The Morgan fingerprint density at radius 2 is 2.15 bits per heavy atom. The fraction of sp³-hybridized carbons (Fsp3) is 0.267. The van der Waals surface area contributed by atoms with Crippen molar-refractivity contribution in [2.45, 2.75) is 25.7 Å². The Kier molecular flexibility index (Phi) is 2.57. The monoisotopic (exact) mass is 280 g/mol. The van der Waals surface area contributed by atoms with Crippen molar-refractivity contribution in [1.29, 1.82) is 5.26 Å². The van der Waals surface area contributed by atoms with Gasteiger partial charge in [-0.15, -0.1) is 11.3 Å². The number of fused-ring (bicyclic) bond motifs is 3. The summed E-state index contributed by atoms with van der Waals surface area (Å²) in [5.74, 6) is 0. The fourth-order valence-corrected chi connectivity index (χ4v) is 4.14. The van der Waals surface area contributed by atoms with Crippen LogP contribution in [0.3, 0.4) is 0 Å². The van der Waals surface area contributed by atoms with E-state index in [9.17, 15) is 0 Å². The average Bonchev–Trinajstić information content (AvgIpc) is 3.12. The van der Waals surface area contributed by atoms with Gasteiger partial charge in [-0.25, -0.2) is 4.98 Å². The molecular formula is C15H12N4S. The fourth-order valence-electron chi connectivity index (χ4n) is 2.91. The Balaban J connectivity index is 2.00. The molecule has 0 fully saturated rings. The summed E-state index contributed by atoms with van der Waals surface area (Å²) >= 11 is 1.77. The maximum absolute atomic E-state index is 9.15. The lowest BCUT2D eigenvalue weighted by molar-refractivity contribution is 0.877. The van der Waals surface area contributed by atoms with Crippen LogP contribution in [0.25, 0.3) is 16.2 Å². The third kappa shape index (κ3) is 1.58. The van der Waals surface area contributed by atoms with Crippen LogP contribution in [0.1, 0.15) is 22.7 Å². The van der Waals surface area contributed by atoms with Gasteiger partial charge in [0.25, 0.3) is 0 Å². The predicted octanol–water partition coefficient (Wildman–Crippen LogP) is 3.01. The van der Waals surface area contributed by atoms with E-state index in [-0.39, 0.29) is 0 Å². The van der Waals surface area contributed by atoms with E-state index in [0.29, 0.717) is 6.42 Å². The molecule has 1 aliphatic rings. The molecule has 0 bridgehead atoms. The first-order valence-electron chi connectivity index (χ1n) is 6.67. The summed E-state index contributed by atoms with van der Waals surface area (Å²) in [5, 5.41) is 9.15. The van der Waals surface area contributed by atoms with Crippen molar-refractivity contribution in [2.75, 3.05) is 0 Å². The molecule has 0 spiro atoms. The Morgan fingerprint density at radius 1 is 1.30 bits per heavy atom. The molecule has 4 rings (SSSR count). The van der Waals surface area contributed by atoms with Gasteiger partial charge in [0.15, 0.2) is 4.96 Å². The van der Waals surface area contributed by atoms with Gasteiger partial charge in [-0.05, 0) is 31.4 Å². The van der Waals surface area contributed by atoms with Gasteiger partial charge in [0.05, 0.1) is 23.9 Å². The molecule has 3 aromatic heterocycles. The van der Waals surface area contributed by atoms with Crippen LogP contribution in [0.5, 0.6) is 0 Å². The SMILES string of the molecule is N#CCc1c(-c2ccncc2)nc2sc3c(n12)CCC3. The van der Waals surface area contributed by atoms with Crippen molar-refractivity contribution < 1.29 is 0 Å². The van der Waals surface area contributed by atoms with E-state index in [0.717, 1.165) is 34.8 Å². The van der Waals surface area contributed by atoms with E-state index < -0.39 is 0 Å². The standard InChI is InChI=1S/C15H12N4S/c16-7-4-12-14(10-5-8-17-9-6-10)18-15-19(12)11-2-1-3-13(11)20-15/h5-6,8-9H,1-4H2. The molecule has 3 heterocycles. The minimum Gasteiger partial charge on any atom is -0.290 e. The molecule has 1 aliphatic carbocycles. The largest absolute Gasteiger partial charge is 0.290 e. The van der Waals surface area contributed by atoms with Crippen molar-refractivity contribution in [3.8, 4) is 17.3 Å². The van der Waals surface area contributed by atoms with Crippen molar-refractivity contribution in [2.24, 2.45) is 0 Å². The van der Waals surface area contributed by atoms with Gasteiger partial charge in [-0.1, -0.05) is 0 Å². The highest BCUT2D eigenvalue weighted by Crippen LogP contribution is 2.35. The number of aromatic nitrogens is 3. The van der Waals surface area contributed by atoms with Crippen LogP contribution in [-0.2, 0) is 19.3 Å². The number of hydrogen-bond acceptors (Lipinski definition) is 4. The van der Waals surface area contributed by atoms with Crippen molar-refractivity contribution in [3.63, 3.8) is 0 Å². The van der Waals surface area contributed by atoms with Crippen LogP contribution >= 0.6 is 11.3 Å². The Morgan fingerprint density at radius 3 is 2.95 bits per heavy atom. The summed E-state index contributed by atoms with van der Waals surface area (Å²) in [5.41, 5.74) is 4.35. The Hall–Kier alpha value is -2.19. The minimum absolute atomic E-state index is 0.391. The summed E-state index contributed by atoms with van der Waals surface area (Å²) in [4.78, 5) is 11.3. The molecule has 0 aromatic carbocycles. The van der Waals surface area contributed by atoms with E-state index in [4.69, 9.17) is 10.2 Å². The summed E-state index contributed by atoms with van der Waals surface area (Å²) in [7, 11) is 0. The van der Waals surface area contributed by atoms with Crippen LogP contribution < -0.4 is 0 Å². The van der Waals surface area contributed by atoms with Gasteiger partial charge in [0, 0.05) is 28.5 Å². The quantitative estimate of drug-likeness (QED) is 0.725. The van der Waals surface area contributed by atoms with Crippen molar-refractivity contribution in [1.82, 2.24) is 14.4 Å². The van der Waals surface area contributed by atoms with Crippen molar-refractivity contribution >= 4 is 16.3 Å². The van der Waals surface area contributed by atoms with Crippen LogP contribution in [0, 0.1) is 11.3 Å². The molecule has 4 nitrogen and oxygen atoms in total. The number of nitriles is 1.